The molecule has 0 aliphatic carbocycles. The first-order chi connectivity index (χ1) is 8.86. The summed E-state index contributed by atoms with van der Waals surface area (Å²) in [6.45, 7) is 3.71. The van der Waals surface area contributed by atoms with E-state index in [9.17, 15) is 9.59 Å². The van der Waals surface area contributed by atoms with E-state index in [2.05, 4.69) is 43.8 Å². The second-order valence-corrected chi connectivity index (χ2v) is 6.42. The van der Waals surface area contributed by atoms with Crippen molar-refractivity contribution in [1.82, 2.24) is 5.32 Å². The van der Waals surface area contributed by atoms with E-state index in [-0.39, 0.29) is 11.8 Å². The van der Waals surface area contributed by atoms with E-state index in [1.165, 1.54) is 7.11 Å². The van der Waals surface area contributed by atoms with Crippen molar-refractivity contribution >= 4 is 50.4 Å². The summed E-state index contributed by atoms with van der Waals surface area (Å²) in [5.74, 6) is -0.760. The van der Waals surface area contributed by atoms with Crippen molar-refractivity contribution in [1.29, 1.82) is 0 Å². The van der Waals surface area contributed by atoms with Gasteiger partial charge in [-0.3, -0.25) is 4.79 Å². The SMILES string of the molecule is COC(=O)C(NC(=O)c1cc(Br)ccc1I)C(C)C. The van der Waals surface area contributed by atoms with Gasteiger partial charge in [0.15, 0.2) is 0 Å². The van der Waals surface area contributed by atoms with Crippen LogP contribution in [0.2, 0.25) is 0 Å². The Hall–Kier alpha value is -0.630. The number of halogens is 2. The maximum Gasteiger partial charge on any atom is 0.328 e. The molecule has 104 valence electrons. The smallest absolute Gasteiger partial charge is 0.328 e. The number of esters is 1. The Kier molecular flexibility index (Phi) is 6.25. The zero-order valence-electron chi connectivity index (χ0n) is 10.9. The van der Waals surface area contributed by atoms with Crippen LogP contribution in [0.1, 0.15) is 24.2 Å². The monoisotopic (exact) mass is 439 g/mol. The van der Waals surface area contributed by atoms with Crippen LogP contribution in [0.5, 0.6) is 0 Å². The lowest BCUT2D eigenvalue weighted by atomic mass is 10.0. The van der Waals surface area contributed by atoms with Crippen LogP contribution in [0.3, 0.4) is 0 Å². The van der Waals surface area contributed by atoms with Gasteiger partial charge in [-0.25, -0.2) is 4.79 Å². The molecule has 0 heterocycles. The number of nitrogens with one attached hydrogen (secondary N) is 1. The van der Waals surface area contributed by atoms with Crippen molar-refractivity contribution in [2.45, 2.75) is 19.9 Å². The van der Waals surface area contributed by atoms with Gasteiger partial charge in [-0.2, -0.15) is 0 Å². The Bertz CT molecular complexity index is 491. The van der Waals surface area contributed by atoms with E-state index < -0.39 is 12.0 Å². The number of benzene rings is 1. The van der Waals surface area contributed by atoms with Gasteiger partial charge in [0.1, 0.15) is 6.04 Å². The Morgan fingerprint density at radius 1 is 1.37 bits per heavy atom. The molecule has 1 unspecified atom stereocenters. The van der Waals surface area contributed by atoms with Crippen molar-refractivity contribution in [3.8, 4) is 0 Å². The van der Waals surface area contributed by atoms with E-state index in [1.807, 2.05) is 26.0 Å². The Labute approximate surface area is 134 Å². The topological polar surface area (TPSA) is 55.4 Å². The minimum Gasteiger partial charge on any atom is -0.467 e. The first-order valence-corrected chi connectivity index (χ1v) is 7.57. The number of carbonyl (C=O) groups excluding carboxylic acids is 2. The molecule has 0 aromatic heterocycles. The minimum absolute atomic E-state index is 0.0405. The highest BCUT2D eigenvalue weighted by molar-refractivity contribution is 14.1. The number of methoxy groups -OCH3 is 1. The summed E-state index contributed by atoms with van der Waals surface area (Å²) in [5.41, 5.74) is 0.532. The quantitative estimate of drug-likeness (QED) is 0.579. The van der Waals surface area contributed by atoms with Gasteiger partial charge in [0, 0.05) is 8.04 Å². The molecule has 0 saturated heterocycles. The Morgan fingerprint density at radius 2 is 2.00 bits per heavy atom. The lowest BCUT2D eigenvalue weighted by Crippen LogP contribution is -2.45. The molecule has 0 spiro atoms. The van der Waals surface area contributed by atoms with Gasteiger partial charge in [0.2, 0.25) is 0 Å². The van der Waals surface area contributed by atoms with Crippen molar-refractivity contribution in [3.05, 3.63) is 31.8 Å². The van der Waals surface area contributed by atoms with Gasteiger partial charge < -0.3 is 10.1 Å². The number of carbonyl (C=O) groups is 2. The summed E-state index contributed by atoms with van der Waals surface area (Å²) in [6.07, 6.45) is 0. The second kappa shape index (κ2) is 7.23. The molecule has 1 aromatic carbocycles. The third-order valence-electron chi connectivity index (χ3n) is 2.58. The largest absolute Gasteiger partial charge is 0.467 e. The average molecular weight is 440 g/mol. The predicted molar refractivity (Wildman–Crippen MR) is 85.0 cm³/mol. The Morgan fingerprint density at radius 3 is 2.53 bits per heavy atom. The first kappa shape index (κ1) is 16.4. The van der Waals surface area contributed by atoms with Crippen LogP contribution in [0.4, 0.5) is 0 Å². The van der Waals surface area contributed by atoms with Crippen LogP contribution in [-0.4, -0.2) is 25.0 Å². The summed E-state index contributed by atoms with van der Waals surface area (Å²) >= 11 is 5.41. The predicted octanol–water partition coefficient (Wildman–Crippen LogP) is 2.98. The van der Waals surface area contributed by atoms with E-state index in [4.69, 9.17) is 4.74 Å². The van der Waals surface area contributed by atoms with Gasteiger partial charge in [0.05, 0.1) is 12.7 Å². The number of ether oxygens (including phenoxy) is 1. The summed E-state index contributed by atoms with van der Waals surface area (Å²) in [4.78, 5) is 23.8. The van der Waals surface area contributed by atoms with Crippen LogP contribution < -0.4 is 5.32 Å². The average Bonchev–Trinajstić information content (AvgIpc) is 2.37. The van der Waals surface area contributed by atoms with Crippen LogP contribution in [0.25, 0.3) is 0 Å². The van der Waals surface area contributed by atoms with Crippen LogP contribution in [0, 0.1) is 9.49 Å². The number of hydrogen-bond acceptors (Lipinski definition) is 3. The van der Waals surface area contributed by atoms with Gasteiger partial charge >= 0.3 is 5.97 Å². The molecule has 0 saturated carbocycles. The van der Waals surface area contributed by atoms with E-state index >= 15 is 0 Å². The number of amides is 1. The summed E-state index contributed by atoms with van der Waals surface area (Å²) in [7, 11) is 1.31. The minimum atomic E-state index is -0.646. The maximum absolute atomic E-state index is 12.2. The highest BCUT2D eigenvalue weighted by atomic mass is 127. The molecule has 0 aliphatic rings. The molecule has 1 N–H and O–H groups in total. The number of hydrogen-bond donors (Lipinski definition) is 1. The molecule has 1 rings (SSSR count). The summed E-state index contributed by atoms with van der Waals surface area (Å²) in [6, 6.07) is 4.78. The molecule has 6 heteroatoms. The lowest BCUT2D eigenvalue weighted by Gasteiger charge is -2.20. The molecule has 0 fully saturated rings. The van der Waals surface area contributed by atoms with Gasteiger partial charge in [-0.1, -0.05) is 29.8 Å². The highest BCUT2D eigenvalue weighted by Crippen LogP contribution is 2.19. The van der Waals surface area contributed by atoms with Crippen LogP contribution in [-0.2, 0) is 9.53 Å². The van der Waals surface area contributed by atoms with Gasteiger partial charge in [-0.05, 0) is 46.7 Å². The van der Waals surface area contributed by atoms with Crippen molar-refractivity contribution in [2.75, 3.05) is 7.11 Å². The van der Waals surface area contributed by atoms with Gasteiger partial charge in [0.25, 0.3) is 5.91 Å². The van der Waals surface area contributed by atoms with Crippen LogP contribution >= 0.6 is 38.5 Å². The molecule has 1 amide bonds. The molecule has 4 nitrogen and oxygen atoms in total. The molecular weight excluding hydrogens is 425 g/mol. The van der Waals surface area contributed by atoms with Gasteiger partial charge in [-0.15, -0.1) is 0 Å². The van der Waals surface area contributed by atoms with Crippen LogP contribution in [0.15, 0.2) is 22.7 Å². The Balaban J connectivity index is 2.94. The lowest BCUT2D eigenvalue weighted by molar-refractivity contribution is -0.144. The number of rotatable bonds is 4. The normalized spacial score (nSPS) is 12.1. The van der Waals surface area contributed by atoms with Crippen molar-refractivity contribution in [3.63, 3.8) is 0 Å². The second-order valence-electron chi connectivity index (χ2n) is 4.34. The molecular formula is C13H15BrINO3. The molecule has 0 bridgehead atoms. The molecule has 0 radical (unpaired) electrons. The maximum atomic E-state index is 12.2. The fourth-order valence-corrected chi connectivity index (χ4v) is 2.46. The fraction of sp³-hybridized carbons (Fsp3) is 0.385. The zero-order chi connectivity index (χ0) is 14.6. The molecule has 0 aliphatic heterocycles. The van der Waals surface area contributed by atoms with Crippen molar-refractivity contribution < 1.29 is 14.3 Å². The first-order valence-electron chi connectivity index (χ1n) is 5.70. The molecule has 1 atom stereocenters. The third kappa shape index (κ3) is 4.45. The molecule has 19 heavy (non-hydrogen) atoms. The zero-order valence-corrected chi connectivity index (χ0v) is 14.6. The van der Waals surface area contributed by atoms with E-state index in [0.717, 1.165) is 8.04 Å². The molecule has 1 aromatic rings. The summed E-state index contributed by atoms with van der Waals surface area (Å²) in [5, 5.41) is 2.71. The van der Waals surface area contributed by atoms with Crippen molar-refractivity contribution in [2.24, 2.45) is 5.92 Å². The highest BCUT2D eigenvalue weighted by Gasteiger charge is 2.26. The fourth-order valence-electron chi connectivity index (χ4n) is 1.52. The summed E-state index contributed by atoms with van der Waals surface area (Å²) < 4.78 is 6.34. The van der Waals surface area contributed by atoms with E-state index in [0.29, 0.717) is 5.56 Å². The van der Waals surface area contributed by atoms with E-state index in [1.54, 1.807) is 6.07 Å². The standard InChI is InChI=1S/C13H15BrINO3/c1-7(2)11(13(18)19-3)16-12(17)9-6-8(14)4-5-10(9)15/h4-7,11H,1-3H3,(H,16,17). The third-order valence-corrected chi connectivity index (χ3v) is 4.02.